The van der Waals surface area contributed by atoms with Crippen LogP contribution in [0.25, 0.3) is 0 Å². The van der Waals surface area contributed by atoms with Gasteiger partial charge in [0, 0.05) is 13.6 Å². The summed E-state index contributed by atoms with van der Waals surface area (Å²) in [5.41, 5.74) is 0.481. The van der Waals surface area contributed by atoms with Crippen molar-refractivity contribution in [1.82, 2.24) is 4.98 Å². The van der Waals surface area contributed by atoms with E-state index in [-0.39, 0.29) is 0 Å². The van der Waals surface area contributed by atoms with E-state index in [2.05, 4.69) is 22.9 Å². The summed E-state index contributed by atoms with van der Waals surface area (Å²) in [4.78, 5) is 6.33. The van der Waals surface area contributed by atoms with Crippen LogP contribution in [0, 0.1) is 11.3 Å². The minimum Gasteiger partial charge on any atom is -0.360 e. The van der Waals surface area contributed by atoms with Gasteiger partial charge in [-0.1, -0.05) is 25.8 Å². The van der Waals surface area contributed by atoms with Gasteiger partial charge in [-0.05, 0) is 18.6 Å². The summed E-state index contributed by atoms with van der Waals surface area (Å²) in [5.74, 6) is 0.880. The van der Waals surface area contributed by atoms with Crippen LogP contribution in [0.5, 0.6) is 0 Å². The molecule has 3 nitrogen and oxygen atoms in total. The van der Waals surface area contributed by atoms with Gasteiger partial charge < -0.3 is 4.90 Å². The topological polar surface area (TPSA) is 39.9 Å². The van der Waals surface area contributed by atoms with Gasteiger partial charge in [-0.15, -0.1) is 0 Å². The molecule has 0 aliphatic heterocycles. The van der Waals surface area contributed by atoms with Crippen molar-refractivity contribution in [2.75, 3.05) is 18.5 Å². The first-order chi connectivity index (χ1) is 7.27. The lowest BCUT2D eigenvalue weighted by atomic mass is 10.2. The van der Waals surface area contributed by atoms with Gasteiger partial charge in [-0.3, -0.25) is 0 Å². The maximum Gasteiger partial charge on any atom is 0.142 e. The van der Waals surface area contributed by atoms with Gasteiger partial charge in [-0.2, -0.15) is 5.26 Å². The Kier molecular flexibility index (Phi) is 4.62. The van der Waals surface area contributed by atoms with Gasteiger partial charge in [0.05, 0.1) is 0 Å². The van der Waals surface area contributed by atoms with Crippen molar-refractivity contribution in [2.45, 2.75) is 26.2 Å². The third-order valence-electron chi connectivity index (χ3n) is 2.34. The van der Waals surface area contributed by atoms with Crippen molar-refractivity contribution in [1.29, 1.82) is 5.26 Å². The van der Waals surface area contributed by atoms with Crippen molar-refractivity contribution in [3.8, 4) is 6.07 Å². The third kappa shape index (κ3) is 3.59. The van der Waals surface area contributed by atoms with E-state index in [1.807, 2.05) is 19.2 Å². The summed E-state index contributed by atoms with van der Waals surface area (Å²) in [5, 5.41) is 8.73. The van der Waals surface area contributed by atoms with Crippen molar-refractivity contribution < 1.29 is 0 Å². The lowest BCUT2D eigenvalue weighted by Crippen LogP contribution is -2.19. The zero-order chi connectivity index (χ0) is 11.1. The number of hydrogen-bond acceptors (Lipinski definition) is 3. The average Bonchev–Trinajstić information content (AvgIpc) is 2.29. The molecule has 0 spiro atoms. The Hall–Kier alpha value is -1.56. The zero-order valence-corrected chi connectivity index (χ0v) is 9.40. The van der Waals surface area contributed by atoms with Crippen molar-refractivity contribution in [2.24, 2.45) is 0 Å². The van der Waals surface area contributed by atoms with Crippen LogP contribution in [0.4, 0.5) is 5.82 Å². The Morgan fingerprint density at radius 2 is 2.20 bits per heavy atom. The van der Waals surface area contributed by atoms with Gasteiger partial charge >= 0.3 is 0 Å². The quantitative estimate of drug-likeness (QED) is 0.690. The van der Waals surface area contributed by atoms with Crippen LogP contribution in [0.15, 0.2) is 18.2 Å². The second-order valence-corrected chi connectivity index (χ2v) is 3.62. The molecular formula is C12H17N3. The van der Waals surface area contributed by atoms with E-state index in [4.69, 9.17) is 5.26 Å². The predicted molar refractivity (Wildman–Crippen MR) is 61.7 cm³/mol. The number of nitrogens with zero attached hydrogens (tertiary/aromatic N) is 3. The molecule has 0 aliphatic carbocycles. The number of pyridine rings is 1. The van der Waals surface area contributed by atoms with Crippen LogP contribution < -0.4 is 4.90 Å². The summed E-state index contributed by atoms with van der Waals surface area (Å²) in [6, 6.07) is 7.59. The molecule has 0 unspecified atom stereocenters. The van der Waals surface area contributed by atoms with Crippen LogP contribution in [0.1, 0.15) is 31.9 Å². The molecular weight excluding hydrogens is 186 g/mol. The second-order valence-electron chi connectivity index (χ2n) is 3.62. The predicted octanol–water partition coefficient (Wildman–Crippen LogP) is 2.58. The van der Waals surface area contributed by atoms with E-state index < -0.39 is 0 Å². The molecule has 0 atom stereocenters. The molecule has 0 bridgehead atoms. The molecule has 0 fully saturated rings. The molecule has 1 rings (SSSR count). The minimum atomic E-state index is 0.481. The largest absolute Gasteiger partial charge is 0.360 e. The van der Waals surface area contributed by atoms with Crippen LogP contribution in [-0.4, -0.2) is 18.6 Å². The highest BCUT2D eigenvalue weighted by Crippen LogP contribution is 2.10. The SMILES string of the molecule is CCCCCN(C)c1cccc(C#N)n1. The molecule has 1 heterocycles. The van der Waals surface area contributed by atoms with Crippen LogP contribution in [-0.2, 0) is 0 Å². The first-order valence-electron chi connectivity index (χ1n) is 5.36. The maximum absolute atomic E-state index is 8.73. The first kappa shape index (κ1) is 11.5. The molecule has 1 aromatic rings. The number of nitriles is 1. The number of rotatable bonds is 5. The highest BCUT2D eigenvalue weighted by atomic mass is 15.2. The standard InChI is InChI=1S/C12H17N3/c1-3-4-5-9-15(2)12-8-6-7-11(10-13)14-12/h6-8H,3-5,9H2,1-2H3. The smallest absolute Gasteiger partial charge is 0.142 e. The van der Waals surface area contributed by atoms with Gasteiger partial charge in [-0.25, -0.2) is 4.98 Å². The highest BCUT2D eigenvalue weighted by Gasteiger charge is 2.02. The zero-order valence-electron chi connectivity index (χ0n) is 9.40. The fourth-order valence-electron chi connectivity index (χ4n) is 1.41. The number of aromatic nitrogens is 1. The molecule has 0 N–H and O–H groups in total. The number of unbranched alkanes of at least 4 members (excludes halogenated alkanes) is 2. The summed E-state index contributed by atoms with van der Waals surface area (Å²) in [6.07, 6.45) is 3.63. The van der Waals surface area contributed by atoms with Gasteiger partial charge in [0.1, 0.15) is 17.6 Å². The molecule has 0 aliphatic rings. The Bertz CT molecular complexity index is 341. The van der Waals surface area contributed by atoms with E-state index in [9.17, 15) is 0 Å². The molecule has 0 saturated carbocycles. The third-order valence-corrected chi connectivity index (χ3v) is 2.34. The van der Waals surface area contributed by atoms with E-state index in [0.29, 0.717) is 5.69 Å². The lowest BCUT2D eigenvalue weighted by Gasteiger charge is -2.17. The average molecular weight is 203 g/mol. The molecule has 0 amide bonds. The first-order valence-corrected chi connectivity index (χ1v) is 5.36. The second kappa shape index (κ2) is 6.02. The molecule has 80 valence electrons. The van der Waals surface area contributed by atoms with Crippen LogP contribution in [0.3, 0.4) is 0 Å². The monoisotopic (exact) mass is 203 g/mol. The highest BCUT2D eigenvalue weighted by molar-refractivity contribution is 5.40. The van der Waals surface area contributed by atoms with Gasteiger partial charge in [0.15, 0.2) is 0 Å². The Morgan fingerprint density at radius 1 is 1.40 bits per heavy atom. The van der Waals surface area contributed by atoms with Crippen LogP contribution >= 0.6 is 0 Å². The fraction of sp³-hybridized carbons (Fsp3) is 0.500. The number of hydrogen-bond donors (Lipinski definition) is 0. The Morgan fingerprint density at radius 3 is 2.87 bits per heavy atom. The Labute approximate surface area is 91.4 Å². The molecule has 0 radical (unpaired) electrons. The van der Waals surface area contributed by atoms with E-state index in [1.54, 1.807) is 6.07 Å². The van der Waals surface area contributed by atoms with E-state index in [0.717, 1.165) is 12.4 Å². The summed E-state index contributed by atoms with van der Waals surface area (Å²) < 4.78 is 0. The molecule has 3 heteroatoms. The minimum absolute atomic E-state index is 0.481. The van der Waals surface area contributed by atoms with Crippen LogP contribution in [0.2, 0.25) is 0 Å². The van der Waals surface area contributed by atoms with Crippen molar-refractivity contribution in [3.05, 3.63) is 23.9 Å². The summed E-state index contributed by atoms with van der Waals surface area (Å²) in [7, 11) is 2.01. The lowest BCUT2D eigenvalue weighted by molar-refractivity contribution is 0.701. The molecule has 0 saturated heterocycles. The molecule has 0 aromatic carbocycles. The number of anilines is 1. The molecule has 15 heavy (non-hydrogen) atoms. The van der Waals surface area contributed by atoms with E-state index in [1.165, 1.54) is 19.3 Å². The van der Waals surface area contributed by atoms with E-state index >= 15 is 0 Å². The Balaban J connectivity index is 2.57. The summed E-state index contributed by atoms with van der Waals surface area (Å²) in [6.45, 7) is 3.18. The van der Waals surface area contributed by atoms with Gasteiger partial charge in [0.25, 0.3) is 0 Å². The maximum atomic E-state index is 8.73. The normalized spacial score (nSPS) is 9.67. The molecule has 1 aromatic heterocycles. The fourth-order valence-corrected chi connectivity index (χ4v) is 1.41. The van der Waals surface area contributed by atoms with Gasteiger partial charge in [0.2, 0.25) is 0 Å². The summed E-state index contributed by atoms with van der Waals surface area (Å²) >= 11 is 0. The van der Waals surface area contributed by atoms with Crippen molar-refractivity contribution in [3.63, 3.8) is 0 Å². The van der Waals surface area contributed by atoms with Crippen molar-refractivity contribution >= 4 is 5.82 Å².